The van der Waals surface area contributed by atoms with E-state index < -0.39 is 5.60 Å². The first-order chi connectivity index (χ1) is 10.4. The molecular formula is C18H27NO3. The molecule has 22 heavy (non-hydrogen) atoms. The van der Waals surface area contributed by atoms with E-state index >= 15 is 0 Å². The standard InChI is InChI=1S/C18H27NO3/c1-18(2,3)22-17(20)19(13-9-6-10-14-21-4)15-16-11-7-5-8-12-16/h5-8,10-12H,9,13-15H2,1-4H3/b10-6+. The van der Waals surface area contributed by atoms with E-state index in [2.05, 4.69) is 0 Å². The van der Waals surface area contributed by atoms with Crippen molar-refractivity contribution in [2.45, 2.75) is 39.3 Å². The van der Waals surface area contributed by atoms with Gasteiger partial charge in [-0.2, -0.15) is 0 Å². The van der Waals surface area contributed by atoms with Gasteiger partial charge in [0.2, 0.25) is 0 Å². The lowest BCUT2D eigenvalue weighted by molar-refractivity contribution is 0.0237. The molecule has 0 saturated heterocycles. The van der Waals surface area contributed by atoms with Gasteiger partial charge in [0.15, 0.2) is 0 Å². The van der Waals surface area contributed by atoms with Crippen LogP contribution in [-0.2, 0) is 16.0 Å². The molecule has 0 fully saturated rings. The Morgan fingerprint density at radius 1 is 1.18 bits per heavy atom. The molecule has 0 aliphatic carbocycles. The first-order valence-corrected chi connectivity index (χ1v) is 7.58. The Hall–Kier alpha value is -1.81. The Morgan fingerprint density at radius 3 is 2.45 bits per heavy atom. The highest BCUT2D eigenvalue weighted by molar-refractivity contribution is 5.68. The van der Waals surface area contributed by atoms with Crippen LogP contribution in [0.3, 0.4) is 0 Å². The number of methoxy groups -OCH3 is 1. The Kier molecular flexibility index (Phi) is 7.67. The second-order valence-corrected chi connectivity index (χ2v) is 6.10. The second-order valence-electron chi connectivity index (χ2n) is 6.10. The van der Waals surface area contributed by atoms with Gasteiger partial charge in [0.1, 0.15) is 5.60 Å². The summed E-state index contributed by atoms with van der Waals surface area (Å²) in [5.41, 5.74) is 0.604. The summed E-state index contributed by atoms with van der Waals surface area (Å²) in [5, 5.41) is 0. The average Bonchev–Trinajstić information content (AvgIpc) is 2.45. The van der Waals surface area contributed by atoms with Crippen molar-refractivity contribution in [3.8, 4) is 0 Å². The number of benzene rings is 1. The molecule has 0 aliphatic heterocycles. The molecule has 0 heterocycles. The molecule has 1 aromatic rings. The molecule has 4 nitrogen and oxygen atoms in total. The number of ether oxygens (including phenoxy) is 2. The van der Waals surface area contributed by atoms with Gasteiger partial charge >= 0.3 is 6.09 Å². The minimum Gasteiger partial charge on any atom is -0.444 e. The van der Waals surface area contributed by atoms with Gasteiger partial charge in [-0.15, -0.1) is 0 Å². The van der Waals surface area contributed by atoms with Gasteiger partial charge in [0.25, 0.3) is 0 Å². The van der Waals surface area contributed by atoms with Gasteiger partial charge in [0, 0.05) is 20.2 Å². The number of hydrogen-bond acceptors (Lipinski definition) is 3. The van der Waals surface area contributed by atoms with Crippen molar-refractivity contribution in [2.75, 3.05) is 20.3 Å². The maximum Gasteiger partial charge on any atom is 0.410 e. The number of rotatable bonds is 7. The van der Waals surface area contributed by atoms with Crippen molar-refractivity contribution in [3.05, 3.63) is 48.0 Å². The number of amides is 1. The topological polar surface area (TPSA) is 38.8 Å². The number of hydrogen-bond donors (Lipinski definition) is 0. The normalized spacial score (nSPS) is 11.6. The van der Waals surface area contributed by atoms with E-state index in [4.69, 9.17) is 9.47 Å². The molecule has 1 rings (SSSR count). The van der Waals surface area contributed by atoms with Gasteiger partial charge in [-0.25, -0.2) is 4.79 Å². The first-order valence-electron chi connectivity index (χ1n) is 7.58. The van der Waals surface area contributed by atoms with E-state index in [9.17, 15) is 4.79 Å². The van der Waals surface area contributed by atoms with Crippen molar-refractivity contribution >= 4 is 6.09 Å². The highest BCUT2D eigenvalue weighted by atomic mass is 16.6. The van der Waals surface area contributed by atoms with Crippen molar-refractivity contribution in [2.24, 2.45) is 0 Å². The largest absolute Gasteiger partial charge is 0.444 e. The SMILES string of the molecule is COC/C=C/CCN(Cc1ccccc1)C(=O)OC(C)(C)C. The summed E-state index contributed by atoms with van der Waals surface area (Å²) in [4.78, 5) is 14.1. The van der Waals surface area contributed by atoms with Crippen LogP contribution >= 0.6 is 0 Å². The molecule has 1 aromatic carbocycles. The van der Waals surface area contributed by atoms with E-state index in [-0.39, 0.29) is 6.09 Å². The molecule has 0 aliphatic rings. The molecule has 0 N–H and O–H groups in total. The molecule has 0 spiro atoms. The van der Waals surface area contributed by atoms with Crippen LogP contribution in [0.2, 0.25) is 0 Å². The van der Waals surface area contributed by atoms with Crippen LogP contribution in [0, 0.1) is 0 Å². The third kappa shape index (κ3) is 7.84. The molecule has 0 unspecified atom stereocenters. The lowest BCUT2D eigenvalue weighted by atomic mass is 10.2. The Bertz CT molecular complexity index is 463. The number of carbonyl (C=O) groups excluding carboxylic acids is 1. The average molecular weight is 305 g/mol. The fourth-order valence-electron chi connectivity index (χ4n) is 1.88. The zero-order valence-electron chi connectivity index (χ0n) is 14.0. The summed E-state index contributed by atoms with van der Waals surface area (Å²) in [7, 11) is 1.66. The predicted octanol–water partition coefficient (Wildman–Crippen LogP) is 4.02. The van der Waals surface area contributed by atoms with E-state index in [0.717, 1.165) is 12.0 Å². The Labute approximate surface area is 133 Å². The summed E-state index contributed by atoms with van der Waals surface area (Å²) in [5.74, 6) is 0. The molecule has 4 heteroatoms. The fourth-order valence-corrected chi connectivity index (χ4v) is 1.88. The Morgan fingerprint density at radius 2 is 1.86 bits per heavy atom. The molecule has 0 bridgehead atoms. The van der Waals surface area contributed by atoms with Gasteiger partial charge in [-0.05, 0) is 32.8 Å². The summed E-state index contributed by atoms with van der Waals surface area (Å²) in [6, 6.07) is 9.94. The number of nitrogens with zero attached hydrogens (tertiary/aromatic N) is 1. The molecule has 0 aromatic heterocycles. The highest BCUT2D eigenvalue weighted by Gasteiger charge is 2.21. The fraction of sp³-hybridized carbons (Fsp3) is 0.500. The van der Waals surface area contributed by atoms with E-state index in [1.807, 2.05) is 63.3 Å². The minimum absolute atomic E-state index is 0.281. The monoisotopic (exact) mass is 305 g/mol. The van der Waals surface area contributed by atoms with Crippen molar-refractivity contribution in [1.82, 2.24) is 4.90 Å². The summed E-state index contributed by atoms with van der Waals surface area (Å²) in [6.07, 6.45) is 4.47. The minimum atomic E-state index is -0.488. The maximum atomic E-state index is 12.3. The van der Waals surface area contributed by atoms with Crippen LogP contribution in [0.25, 0.3) is 0 Å². The molecule has 122 valence electrons. The maximum absolute atomic E-state index is 12.3. The quantitative estimate of drug-likeness (QED) is 0.714. The van der Waals surface area contributed by atoms with Crippen LogP contribution in [-0.4, -0.2) is 36.9 Å². The second kappa shape index (κ2) is 9.26. The van der Waals surface area contributed by atoms with E-state index in [1.165, 1.54) is 0 Å². The van der Waals surface area contributed by atoms with Crippen LogP contribution in [0.15, 0.2) is 42.5 Å². The van der Waals surface area contributed by atoms with Crippen molar-refractivity contribution in [1.29, 1.82) is 0 Å². The Balaban J connectivity index is 2.65. The summed E-state index contributed by atoms with van der Waals surface area (Å²) >= 11 is 0. The van der Waals surface area contributed by atoms with Crippen molar-refractivity contribution in [3.63, 3.8) is 0 Å². The van der Waals surface area contributed by atoms with Gasteiger partial charge < -0.3 is 14.4 Å². The van der Waals surface area contributed by atoms with Crippen LogP contribution in [0.4, 0.5) is 4.79 Å². The molecular weight excluding hydrogens is 278 g/mol. The van der Waals surface area contributed by atoms with E-state index in [0.29, 0.717) is 19.7 Å². The van der Waals surface area contributed by atoms with Crippen LogP contribution < -0.4 is 0 Å². The van der Waals surface area contributed by atoms with Crippen molar-refractivity contribution < 1.29 is 14.3 Å². The predicted molar refractivity (Wildman–Crippen MR) is 88.7 cm³/mol. The summed E-state index contributed by atoms with van der Waals surface area (Å²) in [6.45, 7) is 7.39. The molecule has 0 radical (unpaired) electrons. The van der Waals surface area contributed by atoms with Gasteiger partial charge in [0.05, 0.1) is 6.61 Å². The zero-order chi connectivity index (χ0) is 16.4. The lowest BCUT2D eigenvalue weighted by Gasteiger charge is -2.27. The van der Waals surface area contributed by atoms with Crippen LogP contribution in [0.1, 0.15) is 32.8 Å². The van der Waals surface area contributed by atoms with Gasteiger partial charge in [-0.3, -0.25) is 0 Å². The zero-order valence-corrected chi connectivity index (χ0v) is 14.0. The highest BCUT2D eigenvalue weighted by Crippen LogP contribution is 2.13. The number of carbonyl (C=O) groups is 1. The lowest BCUT2D eigenvalue weighted by Crippen LogP contribution is -2.37. The molecule has 0 atom stereocenters. The van der Waals surface area contributed by atoms with E-state index in [1.54, 1.807) is 12.0 Å². The van der Waals surface area contributed by atoms with Crippen LogP contribution in [0.5, 0.6) is 0 Å². The third-order valence-corrected chi connectivity index (χ3v) is 2.86. The molecule has 1 amide bonds. The van der Waals surface area contributed by atoms with Gasteiger partial charge in [-0.1, -0.05) is 42.5 Å². The smallest absolute Gasteiger partial charge is 0.410 e. The molecule has 0 saturated carbocycles. The third-order valence-electron chi connectivity index (χ3n) is 2.86. The first kappa shape index (κ1) is 18.2. The summed E-state index contributed by atoms with van der Waals surface area (Å²) < 4.78 is 10.5.